The van der Waals surface area contributed by atoms with E-state index < -0.39 is 16.0 Å². The van der Waals surface area contributed by atoms with Crippen LogP contribution in [-0.2, 0) is 21.3 Å². The van der Waals surface area contributed by atoms with Gasteiger partial charge < -0.3 is 4.74 Å². The lowest BCUT2D eigenvalue weighted by Gasteiger charge is -2.08. The molecular formula is C14H14N2O4S. The van der Waals surface area contributed by atoms with E-state index in [4.69, 9.17) is 0 Å². The number of ether oxygens (including phenoxy) is 1. The fourth-order valence-corrected chi connectivity index (χ4v) is 2.73. The number of aromatic nitrogens is 1. The molecule has 0 aliphatic rings. The first kappa shape index (κ1) is 15.1. The molecule has 0 fully saturated rings. The van der Waals surface area contributed by atoms with Gasteiger partial charge in [0, 0.05) is 18.9 Å². The average Bonchev–Trinajstić information content (AvgIpc) is 2.53. The molecule has 7 heteroatoms. The van der Waals surface area contributed by atoms with Gasteiger partial charge in [-0.2, -0.15) is 0 Å². The first-order valence-corrected chi connectivity index (χ1v) is 7.58. The van der Waals surface area contributed by atoms with Crippen LogP contribution in [0.15, 0.2) is 53.7 Å². The van der Waals surface area contributed by atoms with Crippen LogP contribution in [0.5, 0.6) is 0 Å². The zero-order valence-electron chi connectivity index (χ0n) is 11.3. The number of methoxy groups -OCH3 is 1. The molecule has 2 aromatic rings. The summed E-state index contributed by atoms with van der Waals surface area (Å²) in [5.74, 6) is -0.582. The molecule has 1 heterocycles. The van der Waals surface area contributed by atoms with Gasteiger partial charge >= 0.3 is 5.97 Å². The molecule has 0 atom stereocenters. The van der Waals surface area contributed by atoms with Crippen LogP contribution in [-0.4, -0.2) is 26.5 Å². The van der Waals surface area contributed by atoms with Crippen LogP contribution in [0.25, 0.3) is 0 Å². The molecule has 1 aromatic carbocycles. The van der Waals surface area contributed by atoms with E-state index in [1.165, 1.54) is 31.4 Å². The van der Waals surface area contributed by atoms with Gasteiger partial charge in [-0.25, -0.2) is 17.9 Å². The van der Waals surface area contributed by atoms with Crippen molar-refractivity contribution in [2.45, 2.75) is 11.4 Å². The van der Waals surface area contributed by atoms with Crippen molar-refractivity contribution in [3.05, 3.63) is 59.9 Å². The number of nitrogens with one attached hydrogen (secondary N) is 1. The maximum Gasteiger partial charge on any atom is 0.337 e. The number of esters is 1. The standard InChI is InChI=1S/C14H14N2O4S/c1-20-14(17)12-3-2-4-13(9-12)21(18,19)16-10-11-5-7-15-8-6-11/h2-9,16H,10H2,1H3. The fourth-order valence-electron chi connectivity index (χ4n) is 1.67. The number of carbonyl (C=O) groups is 1. The van der Waals surface area contributed by atoms with Crippen LogP contribution in [0.1, 0.15) is 15.9 Å². The Labute approximate surface area is 122 Å². The number of rotatable bonds is 5. The molecule has 1 aromatic heterocycles. The van der Waals surface area contributed by atoms with Crippen LogP contribution < -0.4 is 4.72 Å². The maximum absolute atomic E-state index is 12.2. The van der Waals surface area contributed by atoms with Crippen molar-refractivity contribution in [1.82, 2.24) is 9.71 Å². The van der Waals surface area contributed by atoms with Crippen molar-refractivity contribution in [3.63, 3.8) is 0 Å². The predicted octanol–water partition coefficient (Wildman–Crippen LogP) is 1.35. The molecule has 0 amide bonds. The van der Waals surface area contributed by atoms with Gasteiger partial charge in [0.25, 0.3) is 0 Å². The Hall–Kier alpha value is -2.25. The second kappa shape index (κ2) is 6.47. The highest BCUT2D eigenvalue weighted by atomic mass is 32.2. The van der Waals surface area contributed by atoms with E-state index in [0.717, 1.165) is 5.56 Å². The van der Waals surface area contributed by atoms with Gasteiger partial charge in [0.05, 0.1) is 17.6 Å². The summed E-state index contributed by atoms with van der Waals surface area (Å²) in [6.07, 6.45) is 3.17. The minimum Gasteiger partial charge on any atom is -0.465 e. The molecule has 1 N–H and O–H groups in total. The second-order valence-electron chi connectivity index (χ2n) is 4.20. The highest BCUT2D eigenvalue weighted by Crippen LogP contribution is 2.13. The second-order valence-corrected chi connectivity index (χ2v) is 5.97. The van der Waals surface area contributed by atoms with Crippen molar-refractivity contribution in [1.29, 1.82) is 0 Å². The summed E-state index contributed by atoms with van der Waals surface area (Å²) in [5.41, 5.74) is 0.974. The number of carbonyl (C=O) groups excluding carboxylic acids is 1. The van der Waals surface area contributed by atoms with Crippen molar-refractivity contribution in [2.75, 3.05) is 7.11 Å². The van der Waals surface area contributed by atoms with Crippen molar-refractivity contribution in [2.24, 2.45) is 0 Å². The third kappa shape index (κ3) is 3.87. The molecule has 0 aliphatic carbocycles. The first-order valence-electron chi connectivity index (χ1n) is 6.10. The Morgan fingerprint density at radius 1 is 1.24 bits per heavy atom. The van der Waals surface area contributed by atoms with Crippen molar-refractivity contribution < 1.29 is 17.9 Å². The summed E-state index contributed by atoms with van der Waals surface area (Å²) in [7, 11) is -2.46. The first-order chi connectivity index (χ1) is 10.0. The average molecular weight is 306 g/mol. The normalized spacial score (nSPS) is 11.1. The highest BCUT2D eigenvalue weighted by molar-refractivity contribution is 7.89. The van der Waals surface area contributed by atoms with Gasteiger partial charge in [-0.3, -0.25) is 4.98 Å². The number of benzene rings is 1. The van der Waals surface area contributed by atoms with E-state index in [9.17, 15) is 13.2 Å². The number of sulfonamides is 1. The molecule has 0 saturated heterocycles. The smallest absolute Gasteiger partial charge is 0.337 e. The molecule has 0 bridgehead atoms. The molecule has 0 radical (unpaired) electrons. The fraction of sp³-hybridized carbons (Fsp3) is 0.143. The van der Waals surface area contributed by atoms with Crippen LogP contribution in [0.2, 0.25) is 0 Å². The minimum atomic E-state index is -3.70. The topological polar surface area (TPSA) is 85.4 Å². The summed E-state index contributed by atoms with van der Waals surface area (Å²) in [5, 5.41) is 0. The molecule has 6 nitrogen and oxygen atoms in total. The minimum absolute atomic E-state index is 0.0134. The Kier molecular flexibility index (Phi) is 4.66. The molecule has 0 saturated carbocycles. The van der Waals surface area contributed by atoms with Crippen molar-refractivity contribution >= 4 is 16.0 Å². The molecule has 0 spiro atoms. The molecular weight excluding hydrogens is 292 g/mol. The monoisotopic (exact) mass is 306 g/mol. The zero-order valence-corrected chi connectivity index (χ0v) is 12.1. The van der Waals surface area contributed by atoms with Crippen LogP contribution in [0.4, 0.5) is 0 Å². The van der Waals surface area contributed by atoms with Gasteiger partial charge in [0.2, 0.25) is 10.0 Å². The Morgan fingerprint density at radius 2 is 1.95 bits per heavy atom. The zero-order chi connectivity index (χ0) is 15.3. The Bertz CT molecular complexity index is 730. The highest BCUT2D eigenvalue weighted by Gasteiger charge is 2.16. The third-order valence-corrected chi connectivity index (χ3v) is 4.18. The molecule has 2 rings (SSSR count). The van der Waals surface area contributed by atoms with Gasteiger partial charge in [-0.15, -0.1) is 0 Å². The lowest BCUT2D eigenvalue weighted by Crippen LogP contribution is -2.23. The number of pyridine rings is 1. The van der Waals surface area contributed by atoms with Gasteiger partial charge in [-0.1, -0.05) is 6.07 Å². The summed E-state index contributed by atoms with van der Waals surface area (Å²) < 4.78 is 31.4. The number of nitrogens with zero attached hydrogens (tertiary/aromatic N) is 1. The quantitative estimate of drug-likeness (QED) is 0.843. The van der Waals surface area contributed by atoms with E-state index in [0.29, 0.717) is 0 Å². The van der Waals surface area contributed by atoms with Crippen LogP contribution >= 0.6 is 0 Å². The Morgan fingerprint density at radius 3 is 2.62 bits per heavy atom. The number of hydrogen-bond donors (Lipinski definition) is 1. The molecule has 0 aliphatic heterocycles. The third-order valence-electron chi connectivity index (χ3n) is 2.78. The van der Waals surface area contributed by atoms with E-state index in [1.807, 2.05) is 0 Å². The summed E-state index contributed by atoms with van der Waals surface area (Å²) in [4.78, 5) is 15.3. The van der Waals surface area contributed by atoms with Crippen molar-refractivity contribution in [3.8, 4) is 0 Å². The SMILES string of the molecule is COC(=O)c1cccc(S(=O)(=O)NCc2ccncc2)c1. The summed E-state index contributed by atoms with van der Waals surface area (Å²) >= 11 is 0. The lowest BCUT2D eigenvalue weighted by atomic mass is 10.2. The molecule has 0 unspecified atom stereocenters. The summed E-state index contributed by atoms with van der Waals surface area (Å²) in [6.45, 7) is 0.146. The van der Waals surface area contributed by atoms with Gasteiger partial charge in [-0.05, 0) is 35.9 Å². The number of hydrogen-bond acceptors (Lipinski definition) is 5. The van der Waals surface area contributed by atoms with Crippen LogP contribution in [0, 0.1) is 0 Å². The maximum atomic E-state index is 12.2. The Balaban J connectivity index is 2.18. The van der Waals surface area contributed by atoms with E-state index in [-0.39, 0.29) is 17.0 Å². The van der Waals surface area contributed by atoms with Gasteiger partial charge in [0.1, 0.15) is 0 Å². The van der Waals surface area contributed by atoms with Gasteiger partial charge in [0.15, 0.2) is 0 Å². The van der Waals surface area contributed by atoms with E-state index >= 15 is 0 Å². The molecule has 21 heavy (non-hydrogen) atoms. The predicted molar refractivity (Wildman–Crippen MR) is 76.0 cm³/mol. The lowest BCUT2D eigenvalue weighted by molar-refractivity contribution is 0.0600. The molecule has 110 valence electrons. The van der Waals surface area contributed by atoms with E-state index in [2.05, 4.69) is 14.4 Å². The van der Waals surface area contributed by atoms with E-state index in [1.54, 1.807) is 24.5 Å². The largest absolute Gasteiger partial charge is 0.465 e. The summed E-state index contributed by atoms with van der Waals surface area (Å²) in [6, 6.07) is 9.11. The van der Waals surface area contributed by atoms with Crippen LogP contribution in [0.3, 0.4) is 0 Å².